The van der Waals surface area contributed by atoms with Crippen LogP contribution in [-0.2, 0) is 0 Å². The van der Waals surface area contributed by atoms with Crippen molar-refractivity contribution in [2.45, 2.75) is 19.4 Å². The lowest BCUT2D eigenvalue weighted by molar-refractivity contribution is 0.0506. The van der Waals surface area contributed by atoms with Gasteiger partial charge >= 0.3 is 12.0 Å². The number of amides is 2. The summed E-state index contributed by atoms with van der Waals surface area (Å²) < 4.78 is 13.1. The highest BCUT2D eigenvalue weighted by molar-refractivity contribution is 6.00. The van der Waals surface area contributed by atoms with Crippen molar-refractivity contribution < 1.29 is 24.2 Å². The predicted molar refractivity (Wildman–Crippen MR) is 73.7 cm³/mol. The van der Waals surface area contributed by atoms with Crippen LogP contribution in [0.1, 0.15) is 23.7 Å². The van der Waals surface area contributed by atoms with Gasteiger partial charge in [0.2, 0.25) is 0 Å². The van der Waals surface area contributed by atoms with Crippen LogP contribution in [-0.4, -0.2) is 46.3 Å². The van der Waals surface area contributed by atoms with Gasteiger partial charge in [-0.15, -0.1) is 0 Å². The van der Waals surface area contributed by atoms with Crippen molar-refractivity contribution >= 4 is 17.7 Å². The molecule has 1 heterocycles. The highest BCUT2D eigenvalue weighted by atomic mass is 19.1. The number of nitrogens with one attached hydrogen (secondary N) is 1. The lowest BCUT2D eigenvalue weighted by atomic mass is 9.97. The Hall–Kier alpha value is -2.15. The third-order valence-electron chi connectivity index (χ3n) is 3.60. The first-order valence-electron chi connectivity index (χ1n) is 6.65. The molecule has 0 aliphatic carbocycles. The maximum Gasteiger partial charge on any atom is 0.337 e. The van der Waals surface area contributed by atoms with Crippen LogP contribution in [0.2, 0.25) is 0 Å². The first-order valence-corrected chi connectivity index (χ1v) is 6.65. The highest BCUT2D eigenvalue weighted by Gasteiger charge is 2.27. The Labute approximate surface area is 121 Å². The summed E-state index contributed by atoms with van der Waals surface area (Å²) >= 11 is 0. The molecule has 1 aromatic carbocycles. The molecule has 0 radical (unpaired) electrons. The fourth-order valence-corrected chi connectivity index (χ4v) is 2.31. The molecule has 0 aromatic heterocycles. The number of hydrogen-bond donors (Lipinski definition) is 3. The van der Waals surface area contributed by atoms with Crippen LogP contribution in [0.3, 0.4) is 0 Å². The van der Waals surface area contributed by atoms with Gasteiger partial charge in [0.05, 0.1) is 17.4 Å². The van der Waals surface area contributed by atoms with Gasteiger partial charge in [-0.1, -0.05) is 6.92 Å². The first kappa shape index (κ1) is 15.2. The molecule has 21 heavy (non-hydrogen) atoms. The minimum Gasteiger partial charge on any atom is -0.478 e. The number of anilines is 1. The Morgan fingerprint density at radius 3 is 2.76 bits per heavy atom. The minimum atomic E-state index is -1.31. The molecule has 2 unspecified atom stereocenters. The van der Waals surface area contributed by atoms with Gasteiger partial charge < -0.3 is 20.4 Å². The zero-order valence-electron chi connectivity index (χ0n) is 11.5. The summed E-state index contributed by atoms with van der Waals surface area (Å²) in [6, 6.07) is 2.72. The van der Waals surface area contributed by atoms with E-state index in [1.165, 1.54) is 11.0 Å². The molecule has 2 rings (SSSR count). The molecule has 1 aliphatic rings. The van der Waals surface area contributed by atoms with Gasteiger partial charge in [-0.2, -0.15) is 0 Å². The van der Waals surface area contributed by atoms with E-state index in [1.54, 1.807) is 0 Å². The zero-order valence-corrected chi connectivity index (χ0v) is 11.5. The molecular weight excluding hydrogens is 279 g/mol. The Morgan fingerprint density at radius 1 is 1.43 bits per heavy atom. The van der Waals surface area contributed by atoms with E-state index in [9.17, 15) is 19.1 Å². The van der Waals surface area contributed by atoms with Crippen LogP contribution < -0.4 is 5.32 Å². The number of nitrogens with zero attached hydrogens (tertiary/aromatic N) is 1. The summed E-state index contributed by atoms with van der Waals surface area (Å²) in [4.78, 5) is 24.7. The first-order chi connectivity index (χ1) is 9.88. The zero-order chi connectivity index (χ0) is 15.6. The number of carbonyl (C=O) groups excluding carboxylic acids is 1. The van der Waals surface area contributed by atoms with Crippen molar-refractivity contribution in [3.05, 3.63) is 29.6 Å². The van der Waals surface area contributed by atoms with Crippen molar-refractivity contribution in [1.29, 1.82) is 0 Å². The van der Waals surface area contributed by atoms with Crippen LogP contribution in [0.15, 0.2) is 18.2 Å². The average molecular weight is 296 g/mol. The number of urea groups is 1. The number of halogens is 1. The average Bonchev–Trinajstić information content (AvgIpc) is 2.43. The van der Waals surface area contributed by atoms with Gasteiger partial charge in [0.15, 0.2) is 0 Å². The molecule has 2 amide bonds. The Kier molecular flexibility index (Phi) is 4.42. The Balaban J connectivity index is 2.11. The fraction of sp³-hybridized carbons (Fsp3) is 0.429. The van der Waals surface area contributed by atoms with Gasteiger partial charge in [0, 0.05) is 13.1 Å². The van der Waals surface area contributed by atoms with Gasteiger partial charge in [-0.25, -0.2) is 14.0 Å². The molecule has 114 valence electrons. The van der Waals surface area contributed by atoms with E-state index in [0.29, 0.717) is 19.5 Å². The second kappa shape index (κ2) is 6.09. The van der Waals surface area contributed by atoms with Crippen LogP contribution >= 0.6 is 0 Å². The number of hydrogen-bond acceptors (Lipinski definition) is 3. The number of aliphatic hydroxyl groups excluding tert-OH is 1. The molecule has 1 fully saturated rings. The second-order valence-electron chi connectivity index (χ2n) is 5.20. The molecule has 0 saturated carbocycles. The van der Waals surface area contributed by atoms with E-state index in [2.05, 4.69) is 5.32 Å². The summed E-state index contributed by atoms with van der Waals surface area (Å²) in [5.74, 6) is -2.04. The largest absolute Gasteiger partial charge is 0.478 e. The van der Waals surface area contributed by atoms with Crippen molar-refractivity contribution in [2.24, 2.45) is 5.92 Å². The van der Waals surface area contributed by atoms with Crippen LogP contribution in [0.4, 0.5) is 14.9 Å². The molecule has 2 atom stereocenters. The molecule has 7 heteroatoms. The Bertz CT molecular complexity index is 564. The molecule has 6 nitrogen and oxygen atoms in total. The van der Waals surface area contributed by atoms with E-state index in [4.69, 9.17) is 5.11 Å². The van der Waals surface area contributed by atoms with E-state index >= 15 is 0 Å². The van der Waals surface area contributed by atoms with Crippen molar-refractivity contribution in [1.82, 2.24) is 4.90 Å². The van der Waals surface area contributed by atoms with Crippen LogP contribution in [0.25, 0.3) is 0 Å². The summed E-state index contributed by atoms with van der Waals surface area (Å²) in [6.07, 6.45) is 0.0403. The lowest BCUT2D eigenvalue weighted by Gasteiger charge is -2.34. The standard InChI is InChI=1S/C14H17FN2O4/c1-8-7-17(5-4-12(8)18)14(21)16-11-3-2-9(15)6-10(11)13(19)20/h2-3,6,8,12,18H,4-5,7H2,1H3,(H,16,21)(H,19,20). The summed E-state index contributed by atoms with van der Waals surface area (Å²) in [7, 11) is 0. The summed E-state index contributed by atoms with van der Waals surface area (Å²) in [5, 5.41) is 21.1. The SMILES string of the molecule is CC1CN(C(=O)Nc2ccc(F)cc2C(=O)O)CCC1O. The Morgan fingerprint density at radius 2 is 2.14 bits per heavy atom. The highest BCUT2D eigenvalue weighted by Crippen LogP contribution is 2.20. The topological polar surface area (TPSA) is 89.9 Å². The van der Waals surface area contributed by atoms with E-state index < -0.39 is 23.9 Å². The molecule has 1 aromatic rings. The molecule has 0 bridgehead atoms. The number of rotatable bonds is 2. The summed E-state index contributed by atoms with van der Waals surface area (Å²) in [5.41, 5.74) is -0.249. The molecule has 1 aliphatic heterocycles. The fourth-order valence-electron chi connectivity index (χ4n) is 2.31. The summed E-state index contributed by atoms with van der Waals surface area (Å²) in [6.45, 7) is 2.61. The van der Waals surface area contributed by atoms with Gasteiger partial charge in [-0.3, -0.25) is 0 Å². The molecular formula is C14H17FN2O4. The van der Waals surface area contributed by atoms with Crippen molar-refractivity contribution in [3.63, 3.8) is 0 Å². The number of benzene rings is 1. The number of carboxylic acids is 1. The number of likely N-dealkylation sites (tertiary alicyclic amines) is 1. The van der Waals surface area contributed by atoms with Gasteiger partial charge in [0.1, 0.15) is 5.82 Å². The van der Waals surface area contributed by atoms with E-state index in [0.717, 1.165) is 12.1 Å². The maximum atomic E-state index is 13.1. The van der Waals surface area contributed by atoms with Crippen molar-refractivity contribution in [2.75, 3.05) is 18.4 Å². The van der Waals surface area contributed by atoms with E-state index in [1.807, 2.05) is 6.92 Å². The predicted octanol–water partition coefficient (Wildman–Crippen LogP) is 1.76. The molecule has 0 spiro atoms. The van der Waals surface area contributed by atoms with Crippen LogP contribution in [0, 0.1) is 11.7 Å². The number of carboxylic acid groups (broad SMARTS) is 1. The molecule has 1 saturated heterocycles. The van der Waals surface area contributed by atoms with E-state index in [-0.39, 0.29) is 17.2 Å². The number of piperidine rings is 1. The molecule has 3 N–H and O–H groups in total. The monoisotopic (exact) mass is 296 g/mol. The smallest absolute Gasteiger partial charge is 0.337 e. The lowest BCUT2D eigenvalue weighted by Crippen LogP contribution is -2.46. The van der Waals surface area contributed by atoms with Crippen LogP contribution in [0.5, 0.6) is 0 Å². The van der Waals surface area contributed by atoms with Crippen molar-refractivity contribution in [3.8, 4) is 0 Å². The number of aliphatic hydroxyl groups is 1. The van der Waals surface area contributed by atoms with Gasteiger partial charge in [-0.05, 0) is 30.5 Å². The normalized spacial score (nSPS) is 22.0. The number of carbonyl (C=O) groups is 2. The third-order valence-corrected chi connectivity index (χ3v) is 3.60. The minimum absolute atomic E-state index is 0.0448. The quantitative estimate of drug-likeness (QED) is 0.775. The second-order valence-corrected chi connectivity index (χ2v) is 5.20. The third kappa shape index (κ3) is 3.49. The number of aromatic carboxylic acids is 1. The maximum absolute atomic E-state index is 13.1. The van der Waals surface area contributed by atoms with Gasteiger partial charge in [0.25, 0.3) is 0 Å².